The maximum atomic E-state index is 10.9. The molecule has 0 aliphatic heterocycles. The van der Waals surface area contributed by atoms with Gasteiger partial charge in [-0.05, 0) is 6.42 Å². The molecule has 0 amide bonds. The lowest BCUT2D eigenvalue weighted by molar-refractivity contribution is -0.140. The molecule has 3 heteroatoms. The van der Waals surface area contributed by atoms with Gasteiger partial charge in [0.2, 0.25) is 0 Å². The smallest absolute Gasteiger partial charge is 0.315 e. The lowest BCUT2D eigenvalue weighted by Crippen LogP contribution is -2.09. The van der Waals surface area contributed by atoms with Crippen molar-refractivity contribution in [2.24, 2.45) is 11.3 Å². The Bertz CT molecular complexity index is 269. The minimum atomic E-state index is -0.103. The second kappa shape index (κ2) is 3.44. The van der Waals surface area contributed by atoms with Gasteiger partial charge in [0.15, 0.2) is 0 Å². The third kappa shape index (κ3) is 1.80. The van der Waals surface area contributed by atoms with Gasteiger partial charge in [0, 0.05) is 11.3 Å². The van der Waals surface area contributed by atoms with Crippen molar-refractivity contribution < 1.29 is 9.53 Å². The van der Waals surface area contributed by atoms with E-state index >= 15 is 0 Å². The molecule has 0 aromatic rings. The van der Waals surface area contributed by atoms with Gasteiger partial charge in [-0.3, -0.25) is 4.79 Å². The first kappa shape index (κ1) is 9.24. The van der Waals surface area contributed by atoms with Crippen LogP contribution in [0.2, 0.25) is 0 Å². The summed E-state index contributed by atoms with van der Waals surface area (Å²) in [4.78, 5) is 10.9. The fraction of sp³-hybridized carbons (Fsp3) is 0.500. The maximum Gasteiger partial charge on any atom is 0.315 e. The Labute approximate surface area is 91.2 Å². The van der Waals surface area contributed by atoms with E-state index in [1.54, 1.807) is 0 Å². The molecule has 0 aromatic heterocycles. The molecule has 1 atom stereocenters. The van der Waals surface area contributed by atoms with Crippen LogP contribution in [0.15, 0.2) is 24.3 Å². The molecule has 2 nitrogen and oxygen atoms in total. The lowest BCUT2D eigenvalue weighted by Gasteiger charge is -2.04. The maximum absolute atomic E-state index is 10.9. The zero-order valence-electron chi connectivity index (χ0n) is 7.20. The standard InChI is InChI=1S/C10H11IO2/c11-6-9(12)13-7-8-5-10(8)3-1-2-4-10/h1-4,8H,5-7H2. The molecule has 1 saturated carbocycles. The van der Waals surface area contributed by atoms with Gasteiger partial charge in [0.25, 0.3) is 0 Å². The Morgan fingerprint density at radius 1 is 1.54 bits per heavy atom. The largest absolute Gasteiger partial charge is 0.465 e. The lowest BCUT2D eigenvalue weighted by atomic mass is 10.1. The number of allylic oxidation sites excluding steroid dienone is 4. The average molecular weight is 290 g/mol. The van der Waals surface area contributed by atoms with E-state index < -0.39 is 0 Å². The first-order valence-electron chi connectivity index (χ1n) is 4.35. The van der Waals surface area contributed by atoms with Crippen molar-refractivity contribution in [2.75, 3.05) is 11.0 Å². The van der Waals surface area contributed by atoms with Gasteiger partial charge in [-0.1, -0.05) is 46.9 Å². The van der Waals surface area contributed by atoms with Gasteiger partial charge in [-0.15, -0.1) is 0 Å². The number of halogens is 1. The van der Waals surface area contributed by atoms with Crippen LogP contribution in [0.25, 0.3) is 0 Å². The monoisotopic (exact) mass is 290 g/mol. The summed E-state index contributed by atoms with van der Waals surface area (Å²) >= 11 is 2.02. The second-order valence-corrected chi connectivity index (χ2v) is 4.31. The van der Waals surface area contributed by atoms with E-state index in [1.807, 2.05) is 22.6 Å². The van der Waals surface area contributed by atoms with Crippen molar-refractivity contribution in [3.05, 3.63) is 24.3 Å². The van der Waals surface area contributed by atoms with Crippen molar-refractivity contribution in [2.45, 2.75) is 6.42 Å². The van der Waals surface area contributed by atoms with Gasteiger partial charge < -0.3 is 4.74 Å². The van der Waals surface area contributed by atoms with Gasteiger partial charge in [-0.2, -0.15) is 0 Å². The van der Waals surface area contributed by atoms with Crippen molar-refractivity contribution in [1.29, 1.82) is 0 Å². The first-order valence-corrected chi connectivity index (χ1v) is 5.88. The molecule has 2 aliphatic rings. The Kier molecular flexibility index (Phi) is 2.45. The van der Waals surface area contributed by atoms with Crippen LogP contribution in [0, 0.1) is 11.3 Å². The molecular formula is C10H11IO2. The summed E-state index contributed by atoms with van der Waals surface area (Å²) < 4.78 is 5.54. The summed E-state index contributed by atoms with van der Waals surface area (Å²) in [6.45, 7) is 0.580. The van der Waals surface area contributed by atoms with Crippen LogP contribution in [-0.2, 0) is 9.53 Å². The van der Waals surface area contributed by atoms with Gasteiger partial charge in [-0.25, -0.2) is 0 Å². The van der Waals surface area contributed by atoms with E-state index in [1.165, 1.54) is 0 Å². The van der Waals surface area contributed by atoms with Crippen molar-refractivity contribution in [3.8, 4) is 0 Å². The first-order chi connectivity index (χ1) is 6.27. The molecule has 1 fully saturated rings. The van der Waals surface area contributed by atoms with E-state index in [0.29, 0.717) is 17.0 Å². The Balaban J connectivity index is 1.78. The van der Waals surface area contributed by atoms with Gasteiger partial charge >= 0.3 is 5.97 Å². The predicted octanol–water partition coefficient (Wildman–Crippen LogP) is 2.10. The quantitative estimate of drug-likeness (QED) is 0.452. The topological polar surface area (TPSA) is 26.3 Å². The van der Waals surface area contributed by atoms with Crippen molar-refractivity contribution in [1.82, 2.24) is 0 Å². The number of esters is 1. The highest BCUT2D eigenvalue weighted by Crippen LogP contribution is 2.56. The Morgan fingerprint density at radius 2 is 2.23 bits per heavy atom. The number of hydrogen-bond donors (Lipinski definition) is 0. The molecule has 0 saturated heterocycles. The predicted molar refractivity (Wildman–Crippen MR) is 58.7 cm³/mol. The molecule has 2 aliphatic carbocycles. The van der Waals surface area contributed by atoms with E-state index in [4.69, 9.17) is 4.74 Å². The zero-order chi connectivity index (χ0) is 9.31. The summed E-state index contributed by atoms with van der Waals surface area (Å²) in [7, 11) is 0. The number of ether oxygens (including phenoxy) is 1. The second-order valence-electron chi connectivity index (χ2n) is 3.55. The van der Waals surface area contributed by atoms with E-state index in [9.17, 15) is 4.79 Å². The van der Waals surface area contributed by atoms with Crippen molar-refractivity contribution >= 4 is 28.6 Å². The van der Waals surface area contributed by atoms with E-state index in [2.05, 4.69) is 24.3 Å². The Hall–Kier alpha value is -0.320. The molecule has 1 unspecified atom stereocenters. The van der Waals surface area contributed by atoms with Crippen LogP contribution >= 0.6 is 22.6 Å². The number of alkyl halides is 1. The number of carbonyl (C=O) groups is 1. The van der Waals surface area contributed by atoms with Crippen molar-refractivity contribution in [3.63, 3.8) is 0 Å². The molecule has 13 heavy (non-hydrogen) atoms. The summed E-state index contributed by atoms with van der Waals surface area (Å²) in [5, 5.41) is 0. The third-order valence-electron chi connectivity index (χ3n) is 2.68. The number of hydrogen-bond acceptors (Lipinski definition) is 2. The zero-order valence-corrected chi connectivity index (χ0v) is 9.36. The number of rotatable bonds is 3. The Morgan fingerprint density at radius 3 is 2.85 bits per heavy atom. The molecule has 0 radical (unpaired) electrons. The van der Waals surface area contributed by atoms with Gasteiger partial charge in [0.1, 0.15) is 0 Å². The fourth-order valence-corrected chi connectivity index (χ4v) is 1.97. The summed E-state index contributed by atoms with van der Waals surface area (Å²) in [5.74, 6) is 0.419. The minimum absolute atomic E-state index is 0.103. The van der Waals surface area contributed by atoms with E-state index in [0.717, 1.165) is 6.42 Å². The highest BCUT2D eigenvalue weighted by molar-refractivity contribution is 14.1. The molecular weight excluding hydrogens is 279 g/mol. The highest BCUT2D eigenvalue weighted by Gasteiger charge is 2.51. The SMILES string of the molecule is O=C(CI)OCC1CC12C=CC=C2. The van der Waals surface area contributed by atoms with Crippen LogP contribution in [0.3, 0.4) is 0 Å². The molecule has 0 heterocycles. The highest BCUT2D eigenvalue weighted by atomic mass is 127. The van der Waals surface area contributed by atoms with Crippen LogP contribution < -0.4 is 0 Å². The van der Waals surface area contributed by atoms with Crippen LogP contribution in [0.1, 0.15) is 6.42 Å². The third-order valence-corrected chi connectivity index (χ3v) is 3.30. The summed E-state index contributed by atoms with van der Waals surface area (Å²) in [6, 6.07) is 0. The average Bonchev–Trinajstić information content (AvgIpc) is 2.56. The normalized spacial score (nSPS) is 26.7. The fourth-order valence-electron chi connectivity index (χ4n) is 1.75. The molecule has 2 rings (SSSR count). The molecule has 0 bridgehead atoms. The summed E-state index contributed by atoms with van der Waals surface area (Å²) in [5.41, 5.74) is 0.256. The number of carbonyl (C=O) groups excluding carboxylic acids is 1. The molecule has 1 spiro atoms. The molecule has 0 N–H and O–H groups in total. The summed E-state index contributed by atoms with van der Waals surface area (Å²) in [6.07, 6.45) is 9.68. The molecule has 0 aromatic carbocycles. The van der Waals surface area contributed by atoms with Gasteiger partial charge in [0.05, 0.1) is 11.0 Å². The van der Waals surface area contributed by atoms with Crippen LogP contribution in [0.4, 0.5) is 0 Å². The minimum Gasteiger partial charge on any atom is -0.465 e. The van der Waals surface area contributed by atoms with Crippen LogP contribution in [0.5, 0.6) is 0 Å². The molecule has 70 valence electrons. The van der Waals surface area contributed by atoms with E-state index in [-0.39, 0.29) is 11.4 Å². The van der Waals surface area contributed by atoms with Crippen LogP contribution in [-0.4, -0.2) is 17.0 Å².